The summed E-state index contributed by atoms with van der Waals surface area (Å²) in [6.07, 6.45) is 3.62. The second-order valence-corrected chi connectivity index (χ2v) is 9.70. The molecule has 0 fully saturated rings. The molecule has 1 atom stereocenters. The average Bonchev–Trinajstić information content (AvgIpc) is 2.64. The molecule has 3 rings (SSSR count). The van der Waals surface area contributed by atoms with Crippen LogP contribution in [0.3, 0.4) is 0 Å². The Kier molecular flexibility index (Phi) is 5.96. The predicted molar refractivity (Wildman–Crippen MR) is 116 cm³/mol. The van der Waals surface area contributed by atoms with Crippen LogP contribution < -0.4 is 4.72 Å². The summed E-state index contributed by atoms with van der Waals surface area (Å²) >= 11 is 0. The van der Waals surface area contributed by atoms with Crippen LogP contribution >= 0.6 is 0 Å². The van der Waals surface area contributed by atoms with Crippen LogP contribution in [0.15, 0.2) is 47.5 Å². The van der Waals surface area contributed by atoms with Crippen LogP contribution in [0, 0.1) is 26.7 Å². The van der Waals surface area contributed by atoms with E-state index in [4.69, 9.17) is 0 Å². The first-order valence-corrected chi connectivity index (χ1v) is 11.2. The quantitative estimate of drug-likeness (QED) is 0.809. The summed E-state index contributed by atoms with van der Waals surface area (Å²) in [5.41, 5.74) is 4.48. The van der Waals surface area contributed by atoms with E-state index in [0.29, 0.717) is 17.7 Å². The summed E-state index contributed by atoms with van der Waals surface area (Å²) in [5.74, 6) is -0.453. The Labute approximate surface area is 173 Å². The molecule has 1 aliphatic rings. The van der Waals surface area contributed by atoms with Crippen LogP contribution in [0.4, 0.5) is 0 Å². The monoisotopic (exact) mass is 412 g/mol. The van der Waals surface area contributed by atoms with Crippen molar-refractivity contribution in [2.24, 2.45) is 5.92 Å². The molecule has 0 radical (unpaired) electrons. The topological polar surface area (TPSA) is 66.5 Å². The number of hydrogen-bond acceptors (Lipinski definition) is 3. The second kappa shape index (κ2) is 8.13. The number of nitrogens with zero attached hydrogens (tertiary/aromatic N) is 1. The molecule has 29 heavy (non-hydrogen) atoms. The lowest BCUT2D eigenvalue weighted by atomic mass is 10.0. The van der Waals surface area contributed by atoms with E-state index in [1.807, 2.05) is 63.2 Å². The average molecular weight is 413 g/mol. The Morgan fingerprint density at radius 1 is 1.07 bits per heavy atom. The second-order valence-electron chi connectivity index (χ2n) is 8.05. The number of fused-ring (bicyclic) bond motifs is 1. The van der Waals surface area contributed by atoms with Crippen LogP contribution in [0.5, 0.6) is 0 Å². The van der Waals surface area contributed by atoms with Gasteiger partial charge in [0.25, 0.3) is 0 Å². The van der Waals surface area contributed by atoms with Gasteiger partial charge in [-0.1, -0.05) is 55.8 Å². The van der Waals surface area contributed by atoms with Crippen molar-refractivity contribution in [1.29, 1.82) is 0 Å². The molecular weight excluding hydrogens is 384 g/mol. The highest BCUT2D eigenvalue weighted by Crippen LogP contribution is 2.24. The lowest BCUT2D eigenvalue weighted by molar-refractivity contribution is -0.131. The summed E-state index contributed by atoms with van der Waals surface area (Å²) < 4.78 is 29.0. The first-order valence-electron chi connectivity index (χ1n) is 9.77. The largest absolute Gasteiger partial charge is 0.313 e. The fourth-order valence-electron chi connectivity index (χ4n) is 3.87. The maximum absolute atomic E-state index is 13.2. The number of sulfonamides is 1. The van der Waals surface area contributed by atoms with Crippen LogP contribution in [-0.4, -0.2) is 25.3 Å². The SMILES string of the molecule is Cc1cc(C)c(S(=O)(=O)NC(C(=O)N2C=Cc3ccccc3C2)C(C)C)c(C)c1. The van der Waals surface area contributed by atoms with Gasteiger partial charge in [0.2, 0.25) is 15.9 Å². The van der Waals surface area contributed by atoms with Crippen LogP contribution in [-0.2, 0) is 21.4 Å². The molecule has 1 unspecified atom stereocenters. The fraction of sp³-hybridized carbons (Fsp3) is 0.348. The number of benzene rings is 2. The Balaban J connectivity index is 1.89. The van der Waals surface area contributed by atoms with Gasteiger partial charge < -0.3 is 4.90 Å². The van der Waals surface area contributed by atoms with Gasteiger partial charge in [-0.2, -0.15) is 4.72 Å². The Morgan fingerprint density at radius 2 is 1.69 bits per heavy atom. The van der Waals surface area contributed by atoms with E-state index in [9.17, 15) is 13.2 Å². The number of carbonyl (C=O) groups is 1. The molecule has 5 nitrogen and oxygen atoms in total. The highest BCUT2D eigenvalue weighted by atomic mass is 32.2. The van der Waals surface area contributed by atoms with Gasteiger partial charge in [0.1, 0.15) is 6.04 Å². The normalized spacial score (nSPS) is 14.8. The first-order chi connectivity index (χ1) is 13.6. The molecule has 0 spiro atoms. The smallest absolute Gasteiger partial charge is 0.245 e. The van der Waals surface area contributed by atoms with E-state index in [2.05, 4.69) is 4.72 Å². The van der Waals surface area contributed by atoms with Crippen LogP contribution in [0.1, 0.15) is 41.7 Å². The van der Waals surface area contributed by atoms with E-state index >= 15 is 0 Å². The number of nitrogens with one attached hydrogen (secondary N) is 1. The Hall–Kier alpha value is -2.44. The number of rotatable bonds is 5. The molecule has 0 aliphatic carbocycles. The zero-order chi connectivity index (χ0) is 21.3. The number of carbonyl (C=O) groups excluding carboxylic acids is 1. The van der Waals surface area contributed by atoms with Gasteiger partial charge in [-0.3, -0.25) is 4.79 Å². The fourth-order valence-corrected chi connectivity index (χ4v) is 5.66. The predicted octanol–water partition coefficient (Wildman–Crippen LogP) is 3.93. The summed E-state index contributed by atoms with van der Waals surface area (Å²) in [7, 11) is -3.85. The maximum atomic E-state index is 13.2. The minimum atomic E-state index is -3.85. The van der Waals surface area contributed by atoms with Crippen molar-refractivity contribution in [1.82, 2.24) is 9.62 Å². The molecule has 6 heteroatoms. The van der Waals surface area contributed by atoms with Crippen molar-refractivity contribution >= 4 is 22.0 Å². The summed E-state index contributed by atoms with van der Waals surface area (Å²) in [5, 5.41) is 0. The van der Waals surface area contributed by atoms with Crippen LogP contribution in [0.25, 0.3) is 6.08 Å². The van der Waals surface area contributed by atoms with Crippen LogP contribution in [0.2, 0.25) is 0 Å². The molecule has 154 valence electrons. The van der Waals surface area contributed by atoms with Crippen molar-refractivity contribution < 1.29 is 13.2 Å². The molecule has 1 N–H and O–H groups in total. The molecule has 0 aromatic heterocycles. The lowest BCUT2D eigenvalue weighted by Crippen LogP contribution is -2.50. The minimum Gasteiger partial charge on any atom is -0.313 e. The standard InChI is InChI=1S/C23H28N2O3S/c1-15(2)21(23(26)25-11-10-19-8-6-7-9-20(19)14-25)24-29(27,28)22-17(4)12-16(3)13-18(22)5/h6-13,15,21,24H,14H2,1-5H3. The van der Waals surface area contributed by atoms with Crippen molar-refractivity contribution in [3.05, 3.63) is 70.4 Å². The van der Waals surface area contributed by atoms with Crippen molar-refractivity contribution in [2.45, 2.75) is 52.1 Å². The van der Waals surface area contributed by atoms with Gasteiger partial charge in [0.05, 0.1) is 11.4 Å². The summed E-state index contributed by atoms with van der Waals surface area (Å²) in [4.78, 5) is 15.1. The molecule has 2 aromatic rings. The van der Waals surface area contributed by atoms with E-state index < -0.39 is 16.1 Å². The van der Waals surface area contributed by atoms with Crippen molar-refractivity contribution in [3.63, 3.8) is 0 Å². The van der Waals surface area contributed by atoms with E-state index in [1.54, 1.807) is 24.9 Å². The first kappa shape index (κ1) is 21.3. The minimum absolute atomic E-state index is 0.200. The van der Waals surface area contributed by atoms with E-state index in [-0.39, 0.29) is 16.7 Å². The third kappa shape index (κ3) is 4.43. The number of amides is 1. The zero-order valence-corrected chi connectivity index (χ0v) is 18.4. The van der Waals surface area contributed by atoms with E-state index in [1.165, 1.54) is 0 Å². The third-order valence-electron chi connectivity index (χ3n) is 5.20. The van der Waals surface area contributed by atoms with Gasteiger partial charge in [0, 0.05) is 6.20 Å². The van der Waals surface area contributed by atoms with Crippen molar-refractivity contribution in [2.75, 3.05) is 0 Å². The molecule has 0 bridgehead atoms. The summed E-state index contributed by atoms with van der Waals surface area (Å²) in [6, 6.07) is 10.7. The molecule has 1 amide bonds. The molecule has 1 heterocycles. The highest BCUT2D eigenvalue weighted by molar-refractivity contribution is 7.89. The van der Waals surface area contributed by atoms with Crippen molar-refractivity contribution in [3.8, 4) is 0 Å². The molecule has 0 saturated carbocycles. The summed E-state index contributed by atoms with van der Waals surface area (Å²) in [6.45, 7) is 9.63. The number of aryl methyl sites for hydroxylation is 3. The highest BCUT2D eigenvalue weighted by Gasteiger charge is 2.33. The molecule has 2 aromatic carbocycles. The van der Waals surface area contributed by atoms with Gasteiger partial charge in [-0.15, -0.1) is 0 Å². The van der Waals surface area contributed by atoms with E-state index in [0.717, 1.165) is 16.7 Å². The van der Waals surface area contributed by atoms with Gasteiger partial charge in [-0.25, -0.2) is 8.42 Å². The molecule has 1 aliphatic heterocycles. The lowest BCUT2D eigenvalue weighted by Gasteiger charge is -2.30. The molecule has 0 saturated heterocycles. The zero-order valence-electron chi connectivity index (χ0n) is 17.6. The van der Waals surface area contributed by atoms with Gasteiger partial charge >= 0.3 is 0 Å². The number of hydrogen-bond donors (Lipinski definition) is 1. The third-order valence-corrected chi connectivity index (χ3v) is 6.95. The maximum Gasteiger partial charge on any atom is 0.245 e. The van der Waals surface area contributed by atoms with Gasteiger partial charge in [-0.05, 0) is 55.0 Å². The Bertz CT molecular complexity index is 1050. The Morgan fingerprint density at radius 3 is 2.31 bits per heavy atom. The molecular formula is C23H28N2O3S. The van der Waals surface area contributed by atoms with Gasteiger partial charge in [0.15, 0.2) is 0 Å².